The zero-order valence-electron chi connectivity index (χ0n) is 11.5. The monoisotopic (exact) mass is 290 g/mol. The Morgan fingerprint density at radius 2 is 1.68 bits per heavy atom. The molecule has 3 rings (SSSR count). The Morgan fingerprint density at radius 1 is 1.00 bits per heavy atom. The molecule has 0 bridgehead atoms. The Hall–Kier alpha value is -3.26. The van der Waals surface area contributed by atoms with Crippen LogP contribution >= 0.6 is 0 Å². The first kappa shape index (κ1) is 13.7. The van der Waals surface area contributed by atoms with Crippen molar-refractivity contribution in [3.63, 3.8) is 0 Å². The van der Waals surface area contributed by atoms with E-state index in [1.165, 1.54) is 12.1 Å². The molecule has 3 aromatic rings. The highest BCUT2D eigenvalue weighted by Gasteiger charge is 2.13. The van der Waals surface area contributed by atoms with Gasteiger partial charge in [-0.1, -0.05) is 12.1 Å². The zero-order valence-corrected chi connectivity index (χ0v) is 11.5. The quantitative estimate of drug-likeness (QED) is 0.784. The van der Waals surface area contributed by atoms with Crippen LogP contribution in [0.15, 0.2) is 54.9 Å². The van der Waals surface area contributed by atoms with E-state index in [9.17, 15) is 9.65 Å². The van der Waals surface area contributed by atoms with Gasteiger partial charge in [-0.3, -0.25) is 4.98 Å². The van der Waals surface area contributed by atoms with E-state index in [-0.39, 0.29) is 17.2 Å². The minimum Gasteiger partial charge on any atom is -0.383 e. The summed E-state index contributed by atoms with van der Waals surface area (Å²) in [7, 11) is 0. The normalized spacial score (nSPS) is 10.2. The molecule has 2 N–H and O–H groups in total. The minimum atomic E-state index is -0.335. The second-order valence-electron chi connectivity index (χ2n) is 4.67. The van der Waals surface area contributed by atoms with Crippen LogP contribution in [0.2, 0.25) is 0 Å². The standard InChI is InChI=1S/C17H11FN4/c18-13-3-1-11(2-4-13)14-9-16(12-5-7-21-8-6-12)22-17(20)15(14)10-19/h1-9H,(H2,20,22). The van der Waals surface area contributed by atoms with E-state index in [1.807, 2.05) is 12.1 Å². The summed E-state index contributed by atoms with van der Waals surface area (Å²) in [4.78, 5) is 8.24. The van der Waals surface area contributed by atoms with Gasteiger partial charge in [0.25, 0.3) is 0 Å². The molecule has 0 spiro atoms. The average Bonchev–Trinajstić information content (AvgIpc) is 2.55. The van der Waals surface area contributed by atoms with Crippen molar-refractivity contribution in [2.24, 2.45) is 0 Å². The molecule has 2 aromatic heterocycles. The number of rotatable bonds is 2. The highest BCUT2D eigenvalue weighted by atomic mass is 19.1. The van der Waals surface area contributed by atoms with Crippen LogP contribution in [-0.4, -0.2) is 9.97 Å². The van der Waals surface area contributed by atoms with E-state index in [4.69, 9.17) is 5.73 Å². The van der Waals surface area contributed by atoms with Crippen molar-refractivity contribution in [3.8, 4) is 28.5 Å². The molecule has 2 heterocycles. The van der Waals surface area contributed by atoms with Crippen LogP contribution in [0.1, 0.15) is 5.56 Å². The molecule has 0 amide bonds. The second kappa shape index (κ2) is 5.62. The first-order chi connectivity index (χ1) is 10.7. The molecular weight excluding hydrogens is 279 g/mol. The Bertz CT molecular complexity index is 852. The van der Waals surface area contributed by atoms with Gasteiger partial charge in [-0.05, 0) is 35.9 Å². The number of aromatic nitrogens is 2. The SMILES string of the molecule is N#Cc1c(-c2ccc(F)cc2)cc(-c2ccncc2)nc1N. The lowest BCUT2D eigenvalue weighted by Gasteiger charge is -2.10. The van der Waals surface area contributed by atoms with E-state index < -0.39 is 0 Å². The third kappa shape index (κ3) is 2.50. The van der Waals surface area contributed by atoms with Crippen molar-refractivity contribution in [2.75, 3.05) is 5.73 Å². The van der Waals surface area contributed by atoms with Gasteiger partial charge in [0.15, 0.2) is 0 Å². The Balaban J connectivity index is 2.22. The lowest BCUT2D eigenvalue weighted by Crippen LogP contribution is -1.99. The summed E-state index contributed by atoms with van der Waals surface area (Å²) in [5.41, 5.74) is 9.01. The summed E-state index contributed by atoms with van der Waals surface area (Å²) >= 11 is 0. The number of halogens is 1. The highest BCUT2D eigenvalue weighted by Crippen LogP contribution is 2.30. The van der Waals surface area contributed by atoms with Crippen LogP contribution in [-0.2, 0) is 0 Å². The molecule has 0 fully saturated rings. The molecule has 0 atom stereocenters. The number of hydrogen-bond donors (Lipinski definition) is 1. The van der Waals surface area contributed by atoms with Crippen molar-refractivity contribution in [1.29, 1.82) is 5.26 Å². The van der Waals surface area contributed by atoms with E-state index >= 15 is 0 Å². The summed E-state index contributed by atoms with van der Waals surface area (Å²) in [5, 5.41) is 9.32. The first-order valence-corrected chi connectivity index (χ1v) is 6.56. The lowest BCUT2D eigenvalue weighted by molar-refractivity contribution is 0.628. The van der Waals surface area contributed by atoms with Gasteiger partial charge in [-0.15, -0.1) is 0 Å². The molecule has 4 nitrogen and oxygen atoms in total. The maximum atomic E-state index is 13.1. The van der Waals surface area contributed by atoms with Crippen molar-refractivity contribution in [3.05, 3.63) is 66.2 Å². The van der Waals surface area contributed by atoms with E-state index in [2.05, 4.69) is 16.0 Å². The van der Waals surface area contributed by atoms with Crippen molar-refractivity contribution in [2.45, 2.75) is 0 Å². The number of anilines is 1. The topological polar surface area (TPSA) is 75.6 Å². The van der Waals surface area contributed by atoms with Crippen LogP contribution in [0.5, 0.6) is 0 Å². The fraction of sp³-hybridized carbons (Fsp3) is 0. The van der Waals surface area contributed by atoms with Crippen LogP contribution in [0.25, 0.3) is 22.4 Å². The van der Waals surface area contributed by atoms with Crippen LogP contribution in [0.4, 0.5) is 10.2 Å². The van der Waals surface area contributed by atoms with Gasteiger partial charge in [0.2, 0.25) is 0 Å². The van der Waals surface area contributed by atoms with Gasteiger partial charge in [-0.25, -0.2) is 9.37 Å². The van der Waals surface area contributed by atoms with E-state index in [1.54, 1.807) is 30.6 Å². The summed E-state index contributed by atoms with van der Waals surface area (Å²) in [6.45, 7) is 0. The molecule has 5 heteroatoms. The second-order valence-corrected chi connectivity index (χ2v) is 4.67. The Labute approximate surface area is 126 Å². The summed E-state index contributed by atoms with van der Waals surface area (Å²) < 4.78 is 13.1. The molecule has 0 aliphatic rings. The fourth-order valence-corrected chi connectivity index (χ4v) is 2.21. The van der Waals surface area contributed by atoms with Gasteiger partial charge >= 0.3 is 0 Å². The summed E-state index contributed by atoms with van der Waals surface area (Å²) in [6.07, 6.45) is 3.31. The fourth-order valence-electron chi connectivity index (χ4n) is 2.21. The van der Waals surface area contributed by atoms with E-state index in [0.717, 1.165) is 5.56 Å². The van der Waals surface area contributed by atoms with Gasteiger partial charge in [-0.2, -0.15) is 5.26 Å². The smallest absolute Gasteiger partial charge is 0.142 e. The van der Waals surface area contributed by atoms with Crippen molar-refractivity contribution < 1.29 is 4.39 Å². The van der Waals surface area contributed by atoms with Gasteiger partial charge in [0.05, 0.1) is 5.69 Å². The molecule has 1 aromatic carbocycles. The predicted molar refractivity (Wildman–Crippen MR) is 82.0 cm³/mol. The van der Waals surface area contributed by atoms with Crippen molar-refractivity contribution in [1.82, 2.24) is 9.97 Å². The van der Waals surface area contributed by atoms with Crippen LogP contribution in [0, 0.1) is 17.1 Å². The first-order valence-electron chi connectivity index (χ1n) is 6.56. The maximum Gasteiger partial charge on any atom is 0.142 e. The molecule has 0 radical (unpaired) electrons. The Kier molecular flexibility index (Phi) is 3.50. The minimum absolute atomic E-state index is 0.149. The molecule has 0 saturated carbocycles. The molecule has 0 aliphatic carbocycles. The molecule has 106 valence electrons. The maximum absolute atomic E-state index is 13.1. The number of benzene rings is 1. The highest BCUT2D eigenvalue weighted by molar-refractivity contribution is 5.79. The summed E-state index contributed by atoms with van der Waals surface area (Å²) in [6, 6.07) is 13.4. The van der Waals surface area contributed by atoms with Crippen molar-refractivity contribution >= 4 is 5.82 Å². The van der Waals surface area contributed by atoms with E-state index in [0.29, 0.717) is 16.8 Å². The van der Waals surface area contributed by atoms with Gasteiger partial charge in [0, 0.05) is 23.5 Å². The third-order valence-electron chi connectivity index (χ3n) is 3.29. The van der Waals surface area contributed by atoms with Gasteiger partial charge in [0.1, 0.15) is 23.3 Å². The number of nitrogens with two attached hydrogens (primary N) is 1. The average molecular weight is 290 g/mol. The third-order valence-corrected chi connectivity index (χ3v) is 3.29. The number of nitrogen functional groups attached to an aromatic ring is 1. The molecule has 0 aliphatic heterocycles. The number of hydrogen-bond acceptors (Lipinski definition) is 4. The molecule has 22 heavy (non-hydrogen) atoms. The largest absolute Gasteiger partial charge is 0.383 e. The van der Waals surface area contributed by atoms with Crippen LogP contribution < -0.4 is 5.73 Å². The lowest BCUT2D eigenvalue weighted by atomic mass is 9.99. The van der Waals surface area contributed by atoms with Crippen LogP contribution in [0.3, 0.4) is 0 Å². The van der Waals surface area contributed by atoms with Gasteiger partial charge < -0.3 is 5.73 Å². The Morgan fingerprint density at radius 3 is 2.32 bits per heavy atom. The molecule has 0 unspecified atom stereocenters. The molecular formula is C17H11FN4. The number of nitriles is 1. The predicted octanol–water partition coefficient (Wildman–Crippen LogP) is 3.40. The molecule has 0 saturated heterocycles. The number of pyridine rings is 2. The zero-order chi connectivity index (χ0) is 15.5. The number of nitrogens with zero attached hydrogens (tertiary/aromatic N) is 3. The summed E-state index contributed by atoms with van der Waals surface area (Å²) in [5.74, 6) is -0.185.